The van der Waals surface area contributed by atoms with Gasteiger partial charge in [0.25, 0.3) is 0 Å². The number of hydrogen-bond donors (Lipinski definition) is 0. The normalized spacial score (nSPS) is 11.6. The molecule has 0 aliphatic heterocycles. The smallest absolute Gasteiger partial charge is 0.298 e. The number of alkyl halides is 3. The molecular weight excluding hydrogens is 277 g/mol. The summed E-state index contributed by atoms with van der Waals surface area (Å²) in [6, 6.07) is 3.51. The van der Waals surface area contributed by atoms with Gasteiger partial charge in [0.1, 0.15) is 6.29 Å². The third-order valence-electron chi connectivity index (χ3n) is 2.35. The summed E-state index contributed by atoms with van der Waals surface area (Å²) in [4.78, 5) is 11.2. The number of nitrogens with zero attached hydrogens (tertiary/aromatic N) is 2. The highest BCUT2D eigenvalue weighted by Gasteiger charge is 2.34. The highest BCUT2D eigenvalue weighted by atomic mass is 32.2. The SMILES string of the molecule is Cn1cc(Sc2ccc(C=O)cc2C(F)(F)F)cn1. The number of aryl methyl sites for hydroxylation is 1. The second-order valence-corrected chi connectivity index (χ2v) is 4.94. The molecule has 0 unspecified atom stereocenters. The van der Waals surface area contributed by atoms with Gasteiger partial charge in [0.2, 0.25) is 0 Å². The predicted octanol–water partition coefficient (Wildman–Crippen LogP) is 3.40. The summed E-state index contributed by atoms with van der Waals surface area (Å²) in [5, 5.41) is 3.90. The standard InChI is InChI=1S/C12H9F3N2OS/c1-17-6-9(5-16-17)19-11-3-2-8(7-18)4-10(11)12(13,14)15/h2-7H,1H3. The monoisotopic (exact) mass is 286 g/mol. The van der Waals surface area contributed by atoms with E-state index in [0.717, 1.165) is 17.8 Å². The lowest BCUT2D eigenvalue weighted by molar-refractivity contribution is -0.139. The zero-order valence-corrected chi connectivity index (χ0v) is 10.6. The van der Waals surface area contributed by atoms with Crippen LogP contribution in [0.25, 0.3) is 0 Å². The molecule has 100 valence electrons. The fourth-order valence-electron chi connectivity index (χ4n) is 1.51. The fraction of sp³-hybridized carbons (Fsp3) is 0.167. The number of benzene rings is 1. The molecule has 2 aromatic rings. The Hall–Kier alpha value is -1.76. The zero-order chi connectivity index (χ0) is 14.0. The molecule has 0 N–H and O–H groups in total. The second kappa shape index (κ2) is 5.08. The van der Waals surface area contributed by atoms with Crippen LogP contribution in [-0.4, -0.2) is 16.1 Å². The molecule has 0 aliphatic carbocycles. The highest BCUT2D eigenvalue weighted by molar-refractivity contribution is 7.99. The van der Waals surface area contributed by atoms with Gasteiger partial charge in [0, 0.05) is 23.7 Å². The van der Waals surface area contributed by atoms with Crippen LogP contribution in [0.2, 0.25) is 0 Å². The summed E-state index contributed by atoms with van der Waals surface area (Å²) in [7, 11) is 1.68. The van der Waals surface area contributed by atoms with Crippen LogP contribution in [0.4, 0.5) is 13.2 Å². The lowest BCUT2D eigenvalue weighted by Crippen LogP contribution is -2.07. The van der Waals surface area contributed by atoms with Crippen LogP contribution in [0.5, 0.6) is 0 Å². The molecule has 0 aliphatic rings. The van der Waals surface area contributed by atoms with Crippen molar-refractivity contribution in [3.05, 3.63) is 41.7 Å². The third-order valence-corrected chi connectivity index (χ3v) is 3.38. The zero-order valence-electron chi connectivity index (χ0n) is 9.81. The van der Waals surface area contributed by atoms with E-state index in [4.69, 9.17) is 0 Å². The van der Waals surface area contributed by atoms with E-state index < -0.39 is 11.7 Å². The predicted molar refractivity (Wildman–Crippen MR) is 64.2 cm³/mol. The molecule has 0 amide bonds. The number of aromatic nitrogens is 2. The van der Waals surface area contributed by atoms with E-state index in [2.05, 4.69) is 5.10 Å². The summed E-state index contributed by atoms with van der Waals surface area (Å²) in [5.41, 5.74) is -0.811. The molecule has 1 aromatic carbocycles. The number of carbonyl (C=O) groups excluding carboxylic acids is 1. The minimum atomic E-state index is -4.50. The molecular formula is C12H9F3N2OS. The van der Waals surface area contributed by atoms with Crippen LogP contribution in [0.1, 0.15) is 15.9 Å². The molecule has 3 nitrogen and oxygen atoms in total. The van der Waals surface area contributed by atoms with Gasteiger partial charge in [-0.05, 0) is 12.1 Å². The van der Waals surface area contributed by atoms with Crippen molar-refractivity contribution in [2.45, 2.75) is 16.0 Å². The van der Waals surface area contributed by atoms with E-state index >= 15 is 0 Å². The number of aldehydes is 1. The Kier molecular flexibility index (Phi) is 3.66. The molecule has 0 spiro atoms. The van der Waals surface area contributed by atoms with Crippen molar-refractivity contribution < 1.29 is 18.0 Å². The molecule has 1 aromatic heterocycles. The Morgan fingerprint density at radius 2 is 2.11 bits per heavy atom. The Balaban J connectivity index is 2.41. The molecule has 7 heteroatoms. The van der Waals surface area contributed by atoms with Gasteiger partial charge in [-0.15, -0.1) is 0 Å². The highest BCUT2D eigenvalue weighted by Crippen LogP contribution is 2.39. The fourth-order valence-corrected chi connectivity index (χ4v) is 2.49. The Morgan fingerprint density at radius 1 is 1.37 bits per heavy atom. The summed E-state index contributed by atoms with van der Waals surface area (Å²) >= 11 is 0.962. The van der Waals surface area contributed by atoms with E-state index in [1.54, 1.807) is 13.2 Å². The van der Waals surface area contributed by atoms with Gasteiger partial charge < -0.3 is 0 Å². The van der Waals surface area contributed by atoms with Crippen LogP contribution in [0.3, 0.4) is 0 Å². The van der Waals surface area contributed by atoms with Gasteiger partial charge >= 0.3 is 6.18 Å². The van der Waals surface area contributed by atoms with E-state index in [-0.39, 0.29) is 10.5 Å². The molecule has 0 bridgehead atoms. The minimum Gasteiger partial charge on any atom is -0.298 e. The molecule has 2 rings (SSSR count). The van der Waals surface area contributed by atoms with Crippen LogP contribution in [-0.2, 0) is 13.2 Å². The second-order valence-electron chi connectivity index (χ2n) is 3.82. The Labute approximate surface area is 111 Å². The van der Waals surface area contributed by atoms with Crippen molar-refractivity contribution in [2.75, 3.05) is 0 Å². The Bertz CT molecular complexity index is 607. The van der Waals surface area contributed by atoms with Gasteiger partial charge in [0.05, 0.1) is 16.7 Å². The molecule has 0 saturated carbocycles. The van der Waals surface area contributed by atoms with Crippen LogP contribution >= 0.6 is 11.8 Å². The molecule has 0 radical (unpaired) electrons. The first-order valence-corrected chi connectivity index (χ1v) is 6.05. The van der Waals surface area contributed by atoms with Crippen LogP contribution < -0.4 is 0 Å². The maximum atomic E-state index is 12.9. The van der Waals surface area contributed by atoms with E-state index in [1.165, 1.54) is 23.0 Å². The lowest BCUT2D eigenvalue weighted by atomic mass is 10.1. The number of halogens is 3. The quantitative estimate of drug-likeness (QED) is 0.811. The van der Waals surface area contributed by atoms with Crippen molar-refractivity contribution in [1.82, 2.24) is 9.78 Å². The average Bonchev–Trinajstić information content (AvgIpc) is 2.74. The first-order valence-electron chi connectivity index (χ1n) is 5.23. The summed E-state index contributed by atoms with van der Waals surface area (Å²) in [5.74, 6) is 0. The van der Waals surface area contributed by atoms with Crippen molar-refractivity contribution in [1.29, 1.82) is 0 Å². The summed E-state index contributed by atoms with van der Waals surface area (Å²) < 4.78 is 40.3. The molecule has 0 saturated heterocycles. The van der Waals surface area contributed by atoms with Crippen molar-refractivity contribution in [3.8, 4) is 0 Å². The summed E-state index contributed by atoms with van der Waals surface area (Å²) in [6.07, 6.45) is -0.992. The maximum Gasteiger partial charge on any atom is 0.417 e. The van der Waals surface area contributed by atoms with Crippen molar-refractivity contribution in [2.24, 2.45) is 7.05 Å². The molecule has 0 fully saturated rings. The summed E-state index contributed by atoms with van der Waals surface area (Å²) in [6.45, 7) is 0. The number of rotatable bonds is 3. The van der Waals surface area contributed by atoms with E-state index in [1.807, 2.05) is 0 Å². The first-order chi connectivity index (χ1) is 8.90. The largest absolute Gasteiger partial charge is 0.417 e. The van der Waals surface area contributed by atoms with E-state index in [0.29, 0.717) is 11.2 Å². The Morgan fingerprint density at radius 3 is 2.63 bits per heavy atom. The minimum absolute atomic E-state index is 0.00265. The topological polar surface area (TPSA) is 34.9 Å². The maximum absolute atomic E-state index is 12.9. The molecule has 1 heterocycles. The van der Waals surface area contributed by atoms with Crippen LogP contribution in [0, 0.1) is 0 Å². The van der Waals surface area contributed by atoms with Crippen molar-refractivity contribution in [3.63, 3.8) is 0 Å². The number of carbonyl (C=O) groups is 1. The van der Waals surface area contributed by atoms with Gasteiger partial charge in [0.15, 0.2) is 0 Å². The van der Waals surface area contributed by atoms with Crippen molar-refractivity contribution >= 4 is 18.0 Å². The third kappa shape index (κ3) is 3.17. The van der Waals surface area contributed by atoms with Gasteiger partial charge in [-0.2, -0.15) is 18.3 Å². The first kappa shape index (κ1) is 13.7. The molecule has 19 heavy (non-hydrogen) atoms. The molecule has 0 atom stereocenters. The van der Waals surface area contributed by atoms with Crippen LogP contribution in [0.15, 0.2) is 40.4 Å². The number of hydrogen-bond acceptors (Lipinski definition) is 3. The lowest BCUT2D eigenvalue weighted by Gasteiger charge is -2.12. The van der Waals surface area contributed by atoms with Gasteiger partial charge in [-0.1, -0.05) is 17.8 Å². The average molecular weight is 286 g/mol. The van der Waals surface area contributed by atoms with E-state index in [9.17, 15) is 18.0 Å². The van der Waals surface area contributed by atoms with Gasteiger partial charge in [-0.3, -0.25) is 9.48 Å². The van der Waals surface area contributed by atoms with Gasteiger partial charge in [-0.25, -0.2) is 0 Å².